The Morgan fingerprint density at radius 1 is 1.00 bits per heavy atom. The second kappa shape index (κ2) is 10.7. The van der Waals surface area contributed by atoms with Crippen LogP contribution in [-0.4, -0.2) is 46.5 Å². The lowest BCUT2D eigenvalue weighted by Crippen LogP contribution is -2.30. The molecular weight excluding hydrogens is 450 g/mol. The molecule has 7 nitrogen and oxygen atoms in total. The van der Waals surface area contributed by atoms with Crippen molar-refractivity contribution in [3.8, 4) is 0 Å². The van der Waals surface area contributed by atoms with Gasteiger partial charge in [0.05, 0.1) is 13.2 Å². The molecule has 2 N–H and O–H groups in total. The van der Waals surface area contributed by atoms with E-state index >= 15 is 0 Å². The molecule has 0 amide bonds. The molecule has 1 saturated carbocycles. The highest BCUT2D eigenvalue weighted by atomic mass is 35.5. The molecule has 2 fully saturated rings. The zero-order valence-corrected chi connectivity index (χ0v) is 19.9. The molecule has 1 aliphatic carbocycles. The van der Waals surface area contributed by atoms with Gasteiger partial charge in [0.25, 0.3) is 0 Å². The normalized spacial score (nSPS) is 20.6. The fourth-order valence-corrected chi connectivity index (χ4v) is 4.93. The first-order valence-electron chi connectivity index (χ1n) is 12.1. The lowest BCUT2D eigenvalue weighted by atomic mass is 9.86. The maximum atomic E-state index is 12.1. The van der Waals surface area contributed by atoms with Crippen LogP contribution >= 0.6 is 11.6 Å². The second-order valence-corrected chi connectivity index (χ2v) is 9.85. The molecule has 1 saturated heterocycles. The van der Waals surface area contributed by atoms with Crippen molar-refractivity contribution in [2.75, 3.05) is 30.4 Å². The van der Waals surface area contributed by atoms with Crippen molar-refractivity contribution in [3.63, 3.8) is 0 Å². The molecule has 0 radical (unpaired) electrons. The largest absolute Gasteiger partial charge is 0.381 e. The Morgan fingerprint density at radius 2 is 1.82 bits per heavy atom. The van der Waals surface area contributed by atoms with E-state index in [-0.39, 0.29) is 5.78 Å². The summed E-state index contributed by atoms with van der Waals surface area (Å²) in [5, 5.41) is 8.48. The number of ether oxygens (including phenoxy) is 1. The number of nitrogens with zero attached hydrogens (tertiary/aromatic N) is 3. The van der Waals surface area contributed by atoms with Crippen molar-refractivity contribution in [2.45, 2.75) is 44.6 Å². The van der Waals surface area contributed by atoms with Crippen LogP contribution in [0.1, 0.15) is 37.7 Å². The van der Waals surface area contributed by atoms with Gasteiger partial charge in [0, 0.05) is 49.1 Å². The van der Waals surface area contributed by atoms with E-state index in [0.717, 1.165) is 73.5 Å². The van der Waals surface area contributed by atoms with E-state index in [4.69, 9.17) is 16.3 Å². The van der Waals surface area contributed by atoms with Gasteiger partial charge in [-0.3, -0.25) is 4.79 Å². The average molecular weight is 480 g/mol. The van der Waals surface area contributed by atoms with Crippen LogP contribution in [-0.2, 0) is 16.0 Å². The molecule has 0 bridgehead atoms. The van der Waals surface area contributed by atoms with E-state index in [2.05, 4.69) is 25.6 Å². The summed E-state index contributed by atoms with van der Waals surface area (Å²) in [4.78, 5) is 25.4. The van der Waals surface area contributed by atoms with Gasteiger partial charge in [0.15, 0.2) is 5.15 Å². The average Bonchev–Trinajstić information content (AvgIpc) is 2.82. The highest BCUT2D eigenvalue weighted by molar-refractivity contribution is 6.33. The smallest absolute Gasteiger partial charge is 0.155 e. The van der Waals surface area contributed by atoms with Crippen LogP contribution in [0.25, 0.3) is 10.9 Å². The number of fused-ring (bicyclic) bond motifs is 1. The van der Waals surface area contributed by atoms with E-state index in [0.29, 0.717) is 35.9 Å². The van der Waals surface area contributed by atoms with Gasteiger partial charge in [-0.15, -0.1) is 0 Å². The summed E-state index contributed by atoms with van der Waals surface area (Å²) in [5.74, 6) is 3.02. The quantitative estimate of drug-likeness (QED) is 0.421. The van der Waals surface area contributed by atoms with Crippen molar-refractivity contribution in [2.24, 2.45) is 11.8 Å². The lowest BCUT2D eigenvalue weighted by molar-refractivity contribution is -0.123. The Hall–Kier alpha value is -2.77. The van der Waals surface area contributed by atoms with Gasteiger partial charge in [-0.1, -0.05) is 17.7 Å². The van der Waals surface area contributed by atoms with Crippen LogP contribution < -0.4 is 10.6 Å². The molecule has 3 aromatic rings. The molecule has 0 unspecified atom stereocenters. The number of rotatable bonds is 9. The number of ketones is 1. The van der Waals surface area contributed by atoms with Crippen molar-refractivity contribution in [3.05, 3.63) is 53.4 Å². The summed E-state index contributed by atoms with van der Waals surface area (Å²) < 4.78 is 5.14. The number of pyridine rings is 3. The van der Waals surface area contributed by atoms with Gasteiger partial charge >= 0.3 is 0 Å². The Labute approximate surface area is 204 Å². The highest BCUT2D eigenvalue weighted by Gasteiger charge is 2.22. The summed E-state index contributed by atoms with van der Waals surface area (Å²) in [7, 11) is 0. The van der Waals surface area contributed by atoms with E-state index in [1.807, 2.05) is 36.5 Å². The topological polar surface area (TPSA) is 89.0 Å². The van der Waals surface area contributed by atoms with Gasteiger partial charge in [-0.25, -0.2) is 15.0 Å². The molecule has 178 valence electrons. The molecule has 2 aliphatic rings. The van der Waals surface area contributed by atoms with Crippen LogP contribution in [0.4, 0.5) is 11.6 Å². The third-order valence-corrected chi connectivity index (χ3v) is 7.06. The number of aromatic nitrogens is 3. The monoisotopic (exact) mass is 479 g/mol. The number of anilines is 2. The van der Waals surface area contributed by atoms with Crippen molar-refractivity contribution < 1.29 is 9.53 Å². The third kappa shape index (κ3) is 5.83. The lowest BCUT2D eigenvalue weighted by Gasteiger charge is -2.29. The molecule has 8 heteroatoms. The van der Waals surface area contributed by atoms with E-state index in [9.17, 15) is 4.79 Å². The van der Waals surface area contributed by atoms with Gasteiger partial charge < -0.3 is 15.4 Å². The summed E-state index contributed by atoms with van der Waals surface area (Å²) in [6.45, 7) is 2.35. The standard InChI is InChI=1S/C26H30ClN5O2/c27-26-25-20(9-10-28-26)4-8-24(32-25)31-21-5-1-17(2-6-21)13-29-23-7-3-18(14-30-23)11-22(33)12-19-15-34-16-19/h3-4,7-10,14,17,19,21H,1-2,5-6,11-13,15-16H2,(H,29,30)(H,31,32). The summed E-state index contributed by atoms with van der Waals surface area (Å²) >= 11 is 6.20. The van der Waals surface area contributed by atoms with Crippen LogP contribution in [0.5, 0.6) is 0 Å². The Bertz CT molecular complexity index is 1130. The fraction of sp³-hybridized carbons (Fsp3) is 0.462. The van der Waals surface area contributed by atoms with Crippen LogP contribution in [0.15, 0.2) is 42.7 Å². The Morgan fingerprint density at radius 3 is 2.56 bits per heavy atom. The predicted molar refractivity (Wildman–Crippen MR) is 134 cm³/mol. The molecule has 1 aliphatic heterocycles. The Kier molecular flexibility index (Phi) is 7.21. The molecule has 0 atom stereocenters. The van der Waals surface area contributed by atoms with Crippen molar-refractivity contribution in [1.29, 1.82) is 0 Å². The van der Waals surface area contributed by atoms with E-state index in [1.165, 1.54) is 0 Å². The van der Waals surface area contributed by atoms with E-state index < -0.39 is 0 Å². The van der Waals surface area contributed by atoms with Crippen LogP contribution in [0.2, 0.25) is 5.15 Å². The molecule has 3 aromatic heterocycles. The first kappa shape index (κ1) is 23.0. The molecular formula is C26H30ClN5O2. The van der Waals surface area contributed by atoms with Gasteiger partial charge in [-0.2, -0.15) is 0 Å². The molecule has 4 heterocycles. The predicted octanol–water partition coefficient (Wildman–Crippen LogP) is 4.91. The Balaban J connectivity index is 1.05. The number of hydrogen-bond donors (Lipinski definition) is 2. The zero-order valence-electron chi connectivity index (χ0n) is 19.2. The van der Waals surface area contributed by atoms with Crippen LogP contribution in [0.3, 0.4) is 0 Å². The first-order valence-corrected chi connectivity index (χ1v) is 12.5. The molecule has 34 heavy (non-hydrogen) atoms. The highest BCUT2D eigenvalue weighted by Crippen LogP contribution is 2.28. The summed E-state index contributed by atoms with van der Waals surface area (Å²) in [6.07, 6.45) is 9.09. The summed E-state index contributed by atoms with van der Waals surface area (Å²) in [6, 6.07) is 10.4. The second-order valence-electron chi connectivity index (χ2n) is 9.49. The van der Waals surface area contributed by atoms with Gasteiger partial charge in [0.1, 0.15) is 22.9 Å². The number of carbonyl (C=O) groups excluding carboxylic acids is 1. The van der Waals surface area contributed by atoms with Gasteiger partial charge in [0.2, 0.25) is 0 Å². The maximum absolute atomic E-state index is 12.1. The van der Waals surface area contributed by atoms with Crippen LogP contribution in [0, 0.1) is 11.8 Å². The van der Waals surface area contributed by atoms with Gasteiger partial charge in [-0.05, 0) is 61.4 Å². The number of halogens is 1. The molecule has 0 spiro atoms. The minimum Gasteiger partial charge on any atom is -0.381 e. The minimum atomic E-state index is 0.264. The number of nitrogens with one attached hydrogen (secondary N) is 2. The van der Waals surface area contributed by atoms with E-state index in [1.54, 1.807) is 6.20 Å². The fourth-order valence-electron chi connectivity index (χ4n) is 4.72. The van der Waals surface area contributed by atoms with Crippen molar-refractivity contribution >= 4 is 39.9 Å². The van der Waals surface area contributed by atoms with Crippen molar-refractivity contribution in [1.82, 2.24) is 15.0 Å². The number of hydrogen-bond acceptors (Lipinski definition) is 7. The zero-order chi connectivity index (χ0) is 23.3. The number of carbonyl (C=O) groups is 1. The number of Topliss-reactive ketones (excluding diaryl/α,β-unsaturated/α-hetero) is 1. The first-order chi connectivity index (χ1) is 16.6. The third-order valence-electron chi connectivity index (χ3n) is 6.78. The molecule has 0 aromatic carbocycles. The molecule has 5 rings (SSSR count). The minimum absolute atomic E-state index is 0.264. The summed E-state index contributed by atoms with van der Waals surface area (Å²) in [5.41, 5.74) is 1.71. The SMILES string of the molecule is O=C(Cc1ccc(NCC2CCC(Nc3ccc4ccnc(Cl)c4n3)CC2)nc1)CC1COC1. The maximum Gasteiger partial charge on any atom is 0.155 e.